The number of hydrogen-bond acceptors (Lipinski definition) is 4. The molecule has 3 aromatic carbocycles. The average Bonchev–Trinajstić information content (AvgIpc) is 2.91. The van der Waals surface area contributed by atoms with E-state index in [1.165, 1.54) is 11.1 Å². The van der Waals surface area contributed by atoms with Crippen molar-refractivity contribution >= 4 is 17.3 Å². The normalized spacial score (nSPS) is 15.0. The van der Waals surface area contributed by atoms with Gasteiger partial charge in [-0.3, -0.25) is 9.69 Å². The second kappa shape index (κ2) is 11.3. The largest absolute Gasteiger partial charge is 0.345 e. The molecule has 1 heterocycles. The number of benzene rings is 3. The van der Waals surface area contributed by atoms with Gasteiger partial charge in [-0.25, -0.2) is 0 Å². The molecule has 5 nitrogen and oxygen atoms in total. The van der Waals surface area contributed by atoms with Crippen molar-refractivity contribution in [3.05, 3.63) is 95.6 Å². The van der Waals surface area contributed by atoms with E-state index in [4.69, 9.17) is 0 Å². The maximum absolute atomic E-state index is 12.8. The molecule has 3 aromatic rings. The first kappa shape index (κ1) is 24.0. The molecule has 1 N–H and O–H groups in total. The summed E-state index contributed by atoms with van der Waals surface area (Å²) in [5, 5.41) is 3.47. The van der Waals surface area contributed by atoms with Gasteiger partial charge in [0.05, 0.1) is 6.04 Å². The third-order valence-corrected chi connectivity index (χ3v) is 6.76. The molecule has 0 saturated carbocycles. The first-order valence-electron chi connectivity index (χ1n) is 12.3. The lowest BCUT2D eigenvalue weighted by Gasteiger charge is -2.36. The minimum absolute atomic E-state index is 0.0988. The van der Waals surface area contributed by atoms with Gasteiger partial charge in [-0.05, 0) is 61.4 Å². The molecule has 0 unspecified atom stereocenters. The van der Waals surface area contributed by atoms with Crippen molar-refractivity contribution < 1.29 is 4.79 Å². The van der Waals surface area contributed by atoms with E-state index < -0.39 is 0 Å². The molecule has 1 aliphatic heterocycles. The summed E-state index contributed by atoms with van der Waals surface area (Å²) in [5.74, 6) is 0.0988. The molecule has 34 heavy (non-hydrogen) atoms. The van der Waals surface area contributed by atoms with Gasteiger partial charge in [-0.15, -0.1) is 0 Å². The predicted molar refractivity (Wildman–Crippen MR) is 141 cm³/mol. The summed E-state index contributed by atoms with van der Waals surface area (Å²) in [6.45, 7) is 9.44. The molecule has 0 radical (unpaired) electrons. The molecule has 1 atom stereocenters. The molecule has 0 aliphatic carbocycles. The summed E-state index contributed by atoms with van der Waals surface area (Å²) in [4.78, 5) is 19.4. The molecule has 1 aliphatic rings. The van der Waals surface area contributed by atoms with E-state index in [2.05, 4.69) is 82.8 Å². The van der Waals surface area contributed by atoms with Crippen LogP contribution in [0.15, 0.2) is 78.9 Å². The molecule has 1 saturated heterocycles. The first-order chi connectivity index (χ1) is 16.6. The van der Waals surface area contributed by atoms with Crippen LogP contribution in [-0.4, -0.2) is 62.0 Å². The van der Waals surface area contributed by atoms with Crippen molar-refractivity contribution in [3.63, 3.8) is 0 Å². The van der Waals surface area contributed by atoms with Crippen LogP contribution in [0.3, 0.4) is 0 Å². The van der Waals surface area contributed by atoms with Crippen LogP contribution in [0.25, 0.3) is 0 Å². The lowest BCUT2D eigenvalue weighted by atomic mass is 9.94. The Balaban J connectivity index is 1.67. The molecular formula is C29H36N4O. The molecule has 1 fully saturated rings. The Morgan fingerprint density at radius 3 is 2.15 bits per heavy atom. The van der Waals surface area contributed by atoms with Gasteiger partial charge in [-0.2, -0.15) is 0 Å². The van der Waals surface area contributed by atoms with Crippen LogP contribution >= 0.6 is 0 Å². The molecule has 5 heteroatoms. The highest BCUT2D eigenvalue weighted by Gasteiger charge is 2.25. The quantitative estimate of drug-likeness (QED) is 0.522. The van der Waals surface area contributed by atoms with E-state index >= 15 is 0 Å². The lowest BCUT2D eigenvalue weighted by molar-refractivity contribution is 0.0773. The van der Waals surface area contributed by atoms with Crippen LogP contribution < -0.4 is 10.2 Å². The number of para-hydroxylation sites is 1. The van der Waals surface area contributed by atoms with Crippen LogP contribution in [0.5, 0.6) is 0 Å². The third-order valence-electron chi connectivity index (χ3n) is 6.76. The number of piperazine rings is 1. The highest BCUT2D eigenvalue weighted by Crippen LogP contribution is 2.33. The van der Waals surface area contributed by atoms with E-state index in [1.54, 1.807) is 0 Å². The number of carbonyl (C=O) groups excluding carboxylic acids is 1. The predicted octanol–water partition coefficient (Wildman–Crippen LogP) is 4.93. The Morgan fingerprint density at radius 2 is 1.50 bits per heavy atom. The zero-order chi connectivity index (χ0) is 23.9. The van der Waals surface area contributed by atoms with E-state index in [-0.39, 0.29) is 11.9 Å². The van der Waals surface area contributed by atoms with Crippen LogP contribution in [-0.2, 0) is 0 Å². The first-order valence-corrected chi connectivity index (χ1v) is 12.3. The average molecular weight is 457 g/mol. The lowest BCUT2D eigenvalue weighted by Crippen LogP contribution is -2.45. The smallest absolute Gasteiger partial charge is 0.253 e. The van der Waals surface area contributed by atoms with E-state index in [0.29, 0.717) is 0 Å². The molecule has 4 rings (SSSR count). The van der Waals surface area contributed by atoms with Crippen molar-refractivity contribution in [2.75, 3.05) is 51.2 Å². The number of hydrogen-bond donors (Lipinski definition) is 1. The van der Waals surface area contributed by atoms with Gasteiger partial charge >= 0.3 is 0 Å². The van der Waals surface area contributed by atoms with Crippen LogP contribution in [0.4, 0.5) is 11.4 Å². The second-order valence-corrected chi connectivity index (χ2v) is 8.78. The number of rotatable bonds is 8. The van der Waals surface area contributed by atoms with Gasteiger partial charge in [0.25, 0.3) is 5.91 Å². The van der Waals surface area contributed by atoms with Crippen molar-refractivity contribution in [1.29, 1.82) is 0 Å². The van der Waals surface area contributed by atoms with E-state index in [1.807, 2.05) is 36.9 Å². The number of carbonyl (C=O) groups is 1. The van der Waals surface area contributed by atoms with Crippen molar-refractivity contribution in [2.45, 2.75) is 19.9 Å². The Morgan fingerprint density at radius 1 is 0.853 bits per heavy atom. The monoisotopic (exact) mass is 456 g/mol. The van der Waals surface area contributed by atoms with Crippen molar-refractivity contribution in [3.8, 4) is 0 Å². The molecule has 1 amide bonds. The summed E-state index contributed by atoms with van der Waals surface area (Å²) in [5.41, 5.74) is 5.57. The van der Waals surface area contributed by atoms with Crippen LogP contribution in [0.1, 0.15) is 41.4 Å². The molecule has 178 valence electrons. The van der Waals surface area contributed by atoms with Crippen molar-refractivity contribution in [2.24, 2.45) is 0 Å². The Kier molecular flexibility index (Phi) is 7.99. The SMILES string of the molecule is CCN(CC)C(=O)c1ccc([C@H](c2cccc(N(C)c3ccccc3)c2)N2CCNCC2)cc1. The maximum Gasteiger partial charge on any atom is 0.253 e. The van der Waals surface area contributed by atoms with Crippen LogP contribution in [0, 0.1) is 0 Å². The summed E-state index contributed by atoms with van der Waals surface area (Å²) < 4.78 is 0. The molecule has 0 spiro atoms. The topological polar surface area (TPSA) is 38.8 Å². The fourth-order valence-electron chi connectivity index (χ4n) is 4.76. The highest BCUT2D eigenvalue weighted by molar-refractivity contribution is 5.94. The third kappa shape index (κ3) is 5.32. The van der Waals surface area contributed by atoms with Gasteiger partial charge < -0.3 is 15.1 Å². The maximum atomic E-state index is 12.8. The fraction of sp³-hybridized carbons (Fsp3) is 0.345. The van der Waals surface area contributed by atoms with Gasteiger partial charge in [0.1, 0.15) is 0 Å². The number of nitrogens with zero attached hydrogens (tertiary/aromatic N) is 3. The van der Waals surface area contributed by atoms with Gasteiger partial charge in [0, 0.05) is 63.3 Å². The molecular weight excluding hydrogens is 420 g/mol. The molecule has 0 aromatic heterocycles. The van der Waals surface area contributed by atoms with E-state index in [0.717, 1.165) is 56.2 Å². The highest BCUT2D eigenvalue weighted by atomic mass is 16.2. The van der Waals surface area contributed by atoms with Crippen LogP contribution in [0.2, 0.25) is 0 Å². The Hall–Kier alpha value is -3.15. The van der Waals surface area contributed by atoms with Gasteiger partial charge in [-0.1, -0.05) is 42.5 Å². The Labute approximate surface area is 204 Å². The zero-order valence-electron chi connectivity index (χ0n) is 20.6. The summed E-state index contributed by atoms with van der Waals surface area (Å²) in [6, 6.07) is 27.7. The molecule has 0 bridgehead atoms. The Bertz CT molecular complexity index is 1060. The minimum atomic E-state index is 0.0988. The van der Waals surface area contributed by atoms with E-state index in [9.17, 15) is 4.79 Å². The number of anilines is 2. The fourth-order valence-corrected chi connectivity index (χ4v) is 4.76. The van der Waals surface area contributed by atoms with Gasteiger partial charge in [0.2, 0.25) is 0 Å². The zero-order valence-corrected chi connectivity index (χ0v) is 20.6. The minimum Gasteiger partial charge on any atom is -0.345 e. The summed E-state index contributed by atoms with van der Waals surface area (Å²) in [6.07, 6.45) is 0. The van der Waals surface area contributed by atoms with Crippen molar-refractivity contribution in [1.82, 2.24) is 15.1 Å². The second-order valence-electron chi connectivity index (χ2n) is 8.78. The number of amides is 1. The van der Waals surface area contributed by atoms with Gasteiger partial charge in [0.15, 0.2) is 0 Å². The summed E-state index contributed by atoms with van der Waals surface area (Å²) in [7, 11) is 2.11. The summed E-state index contributed by atoms with van der Waals surface area (Å²) >= 11 is 0. The number of nitrogens with one attached hydrogen (secondary N) is 1. The standard InChI is InChI=1S/C29H36N4O/c1-4-32(5-2)29(34)24-16-14-23(15-17-24)28(33-20-18-30-19-21-33)25-10-9-13-27(22-25)31(3)26-11-7-6-8-12-26/h6-17,22,28,30H,4-5,18-21H2,1-3H3/t28-/m1/s1.